The van der Waals surface area contributed by atoms with Gasteiger partial charge < -0.3 is 5.32 Å². The average molecular weight is 356 g/mol. The van der Waals surface area contributed by atoms with Crippen molar-refractivity contribution in [3.05, 3.63) is 65.7 Å². The highest BCUT2D eigenvalue weighted by molar-refractivity contribution is 7.99. The lowest BCUT2D eigenvalue weighted by Crippen LogP contribution is -2.15. The van der Waals surface area contributed by atoms with Gasteiger partial charge in [0, 0.05) is 0 Å². The number of nitrogens with one attached hydrogen (secondary N) is 1. The highest BCUT2D eigenvalue weighted by atomic mass is 32.2. The molecule has 0 saturated heterocycles. The summed E-state index contributed by atoms with van der Waals surface area (Å²) in [6.07, 6.45) is 0. The van der Waals surface area contributed by atoms with E-state index in [1.807, 2.05) is 42.7 Å². The summed E-state index contributed by atoms with van der Waals surface area (Å²) in [4.78, 5) is 12.1. The SMILES string of the molecule is Cc1ccccc1-n1c(C)nnc1SCC(=O)Nc1ccccc1F. The minimum absolute atomic E-state index is 0.109. The Morgan fingerprint density at radius 1 is 1.12 bits per heavy atom. The van der Waals surface area contributed by atoms with Crippen molar-refractivity contribution in [1.82, 2.24) is 14.8 Å². The fraction of sp³-hybridized carbons (Fsp3) is 0.167. The van der Waals surface area contributed by atoms with Crippen LogP contribution in [0.25, 0.3) is 5.69 Å². The van der Waals surface area contributed by atoms with Crippen LogP contribution in [0.5, 0.6) is 0 Å². The quantitative estimate of drug-likeness (QED) is 0.707. The number of benzene rings is 2. The van der Waals surface area contributed by atoms with Crippen molar-refractivity contribution < 1.29 is 9.18 Å². The molecule has 0 saturated carbocycles. The van der Waals surface area contributed by atoms with E-state index in [0.717, 1.165) is 17.1 Å². The number of aromatic nitrogens is 3. The summed E-state index contributed by atoms with van der Waals surface area (Å²) in [5.41, 5.74) is 2.23. The van der Waals surface area contributed by atoms with Gasteiger partial charge in [0.25, 0.3) is 0 Å². The van der Waals surface area contributed by atoms with Crippen molar-refractivity contribution in [2.45, 2.75) is 19.0 Å². The molecule has 25 heavy (non-hydrogen) atoms. The summed E-state index contributed by atoms with van der Waals surface area (Å²) < 4.78 is 15.5. The van der Waals surface area contributed by atoms with E-state index in [0.29, 0.717) is 5.16 Å². The molecule has 0 unspecified atom stereocenters. The topological polar surface area (TPSA) is 59.8 Å². The molecule has 0 aliphatic heterocycles. The van der Waals surface area contributed by atoms with Gasteiger partial charge in [-0.2, -0.15) is 0 Å². The second kappa shape index (κ2) is 7.48. The van der Waals surface area contributed by atoms with Crippen LogP contribution in [0, 0.1) is 19.7 Å². The van der Waals surface area contributed by atoms with Gasteiger partial charge in [-0.3, -0.25) is 9.36 Å². The van der Waals surface area contributed by atoms with Crippen LogP contribution in [0.1, 0.15) is 11.4 Å². The zero-order valence-corrected chi connectivity index (χ0v) is 14.7. The summed E-state index contributed by atoms with van der Waals surface area (Å²) in [7, 11) is 0. The summed E-state index contributed by atoms with van der Waals surface area (Å²) in [6.45, 7) is 3.87. The maximum atomic E-state index is 13.6. The zero-order valence-electron chi connectivity index (χ0n) is 13.9. The van der Waals surface area contributed by atoms with Crippen LogP contribution in [-0.4, -0.2) is 26.4 Å². The normalized spacial score (nSPS) is 10.7. The van der Waals surface area contributed by atoms with Crippen LogP contribution < -0.4 is 5.32 Å². The van der Waals surface area contributed by atoms with E-state index >= 15 is 0 Å². The molecule has 1 heterocycles. The molecule has 5 nitrogen and oxygen atoms in total. The number of carbonyl (C=O) groups excluding carboxylic acids is 1. The van der Waals surface area contributed by atoms with E-state index in [4.69, 9.17) is 0 Å². The molecule has 1 N–H and O–H groups in total. The second-order valence-corrected chi connectivity index (χ2v) is 6.41. The van der Waals surface area contributed by atoms with Crippen LogP contribution in [0.2, 0.25) is 0 Å². The standard InChI is InChI=1S/C18H17FN4OS/c1-12-7-3-6-10-16(12)23-13(2)21-22-18(23)25-11-17(24)20-15-9-5-4-8-14(15)19/h3-10H,11H2,1-2H3,(H,20,24). The zero-order chi connectivity index (χ0) is 17.8. The first-order valence-electron chi connectivity index (χ1n) is 7.71. The van der Waals surface area contributed by atoms with Crippen molar-refractivity contribution in [2.24, 2.45) is 0 Å². The molecule has 0 bridgehead atoms. The molecule has 1 amide bonds. The number of halogens is 1. The van der Waals surface area contributed by atoms with E-state index in [2.05, 4.69) is 15.5 Å². The number of aryl methyl sites for hydroxylation is 2. The van der Waals surface area contributed by atoms with Gasteiger partial charge in [-0.25, -0.2) is 4.39 Å². The number of carbonyl (C=O) groups is 1. The first-order valence-corrected chi connectivity index (χ1v) is 8.70. The Kier molecular flexibility index (Phi) is 5.14. The van der Waals surface area contributed by atoms with Crippen molar-refractivity contribution in [1.29, 1.82) is 0 Å². The molecular formula is C18H17FN4OS. The molecule has 0 atom stereocenters. The minimum Gasteiger partial charge on any atom is -0.323 e. The van der Waals surface area contributed by atoms with Gasteiger partial charge in [-0.15, -0.1) is 10.2 Å². The summed E-state index contributed by atoms with van der Waals surface area (Å²) in [5, 5.41) is 11.4. The van der Waals surface area contributed by atoms with Gasteiger partial charge in [0.05, 0.1) is 17.1 Å². The maximum absolute atomic E-state index is 13.6. The third kappa shape index (κ3) is 3.88. The first-order chi connectivity index (χ1) is 12.1. The van der Waals surface area contributed by atoms with Crippen LogP contribution in [0.15, 0.2) is 53.7 Å². The van der Waals surface area contributed by atoms with Gasteiger partial charge in [0.2, 0.25) is 5.91 Å². The van der Waals surface area contributed by atoms with Gasteiger partial charge in [-0.05, 0) is 37.6 Å². The Hall–Kier alpha value is -2.67. The van der Waals surface area contributed by atoms with E-state index < -0.39 is 5.82 Å². The molecule has 128 valence electrons. The largest absolute Gasteiger partial charge is 0.323 e. The molecule has 0 spiro atoms. The van der Waals surface area contributed by atoms with Gasteiger partial charge in [-0.1, -0.05) is 42.1 Å². The number of nitrogens with zero attached hydrogens (tertiary/aromatic N) is 3. The maximum Gasteiger partial charge on any atom is 0.234 e. The fourth-order valence-corrected chi connectivity index (χ4v) is 3.20. The van der Waals surface area contributed by atoms with Crippen molar-refractivity contribution in [3.8, 4) is 5.69 Å². The smallest absolute Gasteiger partial charge is 0.234 e. The molecule has 0 fully saturated rings. The Labute approximate surface area is 149 Å². The minimum atomic E-state index is -0.459. The molecule has 1 aromatic heterocycles. The molecule has 7 heteroatoms. The summed E-state index contributed by atoms with van der Waals surface area (Å²) >= 11 is 1.26. The van der Waals surface area contributed by atoms with Crippen molar-refractivity contribution in [2.75, 3.05) is 11.1 Å². The van der Waals surface area contributed by atoms with Crippen LogP contribution in [-0.2, 0) is 4.79 Å². The lowest BCUT2D eigenvalue weighted by molar-refractivity contribution is -0.113. The molecule has 2 aromatic carbocycles. The number of hydrogen-bond donors (Lipinski definition) is 1. The highest BCUT2D eigenvalue weighted by Crippen LogP contribution is 2.24. The van der Waals surface area contributed by atoms with E-state index in [-0.39, 0.29) is 17.3 Å². The Morgan fingerprint density at radius 2 is 1.84 bits per heavy atom. The lowest BCUT2D eigenvalue weighted by Gasteiger charge is -2.11. The third-order valence-electron chi connectivity index (χ3n) is 3.63. The molecule has 3 aromatic rings. The number of hydrogen-bond acceptors (Lipinski definition) is 4. The summed E-state index contributed by atoms with van der Waals surface area (Å²) in [6, 6.07) is 14.0. The van der Waals surface area contributed by atoms with Crippen molar-refractivity contribution >= 4 is 23.4 Å². The Morgan fingerprint density at radius 3 is 2.60 bits per heavy atom. The van der Waals surface area contributed by atoms with Gasteiger partial charge >= 0.3 is 0 Å². The molecule has 3 rings (SSSR count). The monoisotopic (exact) mass is 356 g/mol. The lowest BCUT2D eigenvalue weighted by atomic mass is 10.2. The Bertz CT molecular complexity index is 910. The second-order valence-electron chi connectivity index (χ2n) is 5.47. The Balaban J connectivity index is 1.73. The number of para-hydroxylation sites is 2. The average Bonchev–Trinajstić information content (AvgIpc) is 2.96. The highest BCUT2D eigenvalue weighted by Gasteiger charge is 2.15. The third-order valence-corrected chi connectivity index (χ3v) is 4.56. The van der Waals surface area contributed by atoms with Gasteiger partial charge in [0.1, 0.15) is 11.6 Å². The number of rotatable bonds is 5. The van der Waals surface area contributed by atoms with E-state index in [1.54, 1.807) is 12.1 Å². The molecule has 0 radical (unpaired) electrons. The predicted octanol–water partition coefficient (Wildman–Crippen LogP) is 3.75. The number of thioether (sulfide) groups is 1. The van der Waals surface area contributed by atoms with E-state index in [1.165, 1.54) is 23.9 Å². The fourth-order valence-electron chi connectivity index (χ4n) is 2.41. The summed E-state index contributed by atoms with van der Waals surface area (Å²) in [5.74, 6) is 0.0939. The van der Waals surface area contributed by atoms with Crippen molar-refractivity contribution in [3.63, 3.8) is 0 Å². The van der Waals surface area contributed by atoms with Crippen LogP contribution in [0.3, 0.4) is 0 Å². The van der Waals surface area contributed by atoms with Crippen LogP contribution >= 0.6 is 11.8 Å². The molecule has 0 aliphatic carbocycles. The van der Waals surface area contributed by atoms with E-state index in [9.17, 15) is 9.18 Å². The molecular weight excluding hydrogens is 339 g/mol. The first kappa shape index (κ1) is 17.2. The number of amides is 1. The predicted molar refractivity (Wildman–Crippen MR) is 96.6 cm³/mol. The van der Waals surface area contributed by atoms with Gasteiger partial charge in [0.15, 0.2) is 5.16 Å². The van der Waals surface area contributed by atoms with Crippen LogP contribution in [0.4, 0.5) is 10.1 Å². The molecule has 0 aliphatic rings. The number of anilines is 1.